The zero-order chi connectivity index (χ0) is 39.3. The molecule has 3 aliphatic carbocycles. The molecule has 0 saturated heterocycles. The van der Waals surface area contributed by atoms with Gasteiger partial charge in [0.15, 0.2) is 0 Å². The number of rotatable bonds is 4. The van der Waals surface area contributed by atoms with Gasteiger partial charge >= 0.3 is 0 Å². The molecule has 9 aromatic rings. The van der Waals surface area contributed by atoms with Gasteiger partial charge in [-0.3, -0.25) is 0 Å². The first-order chi connectivity index (χ1) is 29.0. The average molecular weight is 752 g/mol. The molecule has 9 aromatic carbocycles. The maximum Gasteiger partial charge on any atom is 0.0726 e. The van der Waals surface area contributed by atoms with Crippen molar-refractivity contribution in [1.29, 1.82) is 0 Å². The summed E-state index contributed by atoms with van der Waals surface area (Å²) in [6.45, 7) is 4.75. The monoisotopic (exact) mass is 751 g/mol. The summed E-state index contributed by atoms with van der Waals surface area (Å²) in [7, 11) is 0. The summed E-state index contributed by atoms with van der Waals surface area (Å²) in [6.07, 6.45) is 0. The van der Waals surface area contributed by atoms with Crippen LogP contribution >= 0.6 is 0 Å². The van der Waals surface area contributed by atoms with Crippen molar-refractivity contribution in [3.63, 3.8) is 0 Å². The maximum atomic E-state index is 2.53. The summed E-state index contributed by atoms with van der Waals surface area (Å²) in [5, 5.41) is 0. The molecule has 0 atom stereocenters. The third-order valence-electron chi connectivity index (χ3n) is 13.5. The lowest BCUT2D eigenvalue weighted by molar-refractivity contribution is 0.660. The Kier molecular flexibility index (Phi) is 7.26. The van der Waals surface area contributed by atoms with Crippen LogP contribution in [0.2, 0.25) is 0 Å². The molecular formula is C58H41N. The van der Waals surface area contributed by atoms with Gasteiger partial charge in [-0.25, -0.2) is 0 Å². The van der Waals surface area contributed by atoms with Crippen LogP contribution in [0.3, 0.4) is 0 Å². The van der Waals surface area contributed by atoms with E-state index in [-0.39, 0.29) is 5.41 Å². The molecule has 0 heterocycles. The molecule has 0 amide bonds. The van der Waals surface area contributed by atoms with Crippen molar-refractivity contribution in [1.82, 2.24) is 0 Å². The summed E-state index contributed by atoms with van der Waals surface area (Å²) < 4.78 is 0. The van der Waals surface area contributed by atoms with Gasteiger partial charge in [0.05, 0.1) is 11.1 Å². The lowest BCUT2D eigenvalue weighted by Crippen LogP contribution is -2.29. The van der Waals surface area contributed by atoms with Gasteiger partial charge in [-0.05, 0) is 114 Å². The second-order valence-electron chi connectivity index (χ2n) is 16.8. The van der Waals surface area contributed by atoms with Gasteiger partial charge in [-0.1, -0.05) is 196 Å². The lowest BCUT2D eigenvalue weighted by Gasteiger charge is -2.36. The molecule has 0 aromatic heterocycles. The molecule has 3 aliphatic rings. The number of nitrogens with zero attached hydrogens (tertiary/aromatic N) is 1. The van der Waals surface area contributed by atoms with Crippen LogP contribution in [0.4, 0.5) is 17.1 Å². The maximum absolute atomic E-state index is 2.53. The van der Waals surface area contributed by atoms with E-state index in [0.717, 1.165) is 11.4 Å². The topological polar surface area (TPSA) is 3.24 Å². The van der Waals surface area contributed by atoms with Crippen LogP contribution in [-0.2, 0) is 10.8 Å². The Hall–Kier alpha value is -7.22. The Morgan fingerprint density at radius 2 is 0.763 bits per heavy atom. The Morgan fingerprint density at radius 1 is 0.305 bits per heavy atom. The summed E-state index contributed by atoms with van der Waals surface area (Å²) in [5.41, 5.74) is 23.4. The minimum absolute atomic E-state index is 0.141. The second kappa shape index (κ2) is 12.6. The van der Waals surface area contributed by atoms with Crippen molar-refractivity contribution in [3.8, 4) is 55.6 Å². The predicted molar refractivity (Wildman–Crippen MR) is 246 cm³/mol. The van der Waals surface area contributed by atoms with E-state index in [9.17, 15) is 0 Å². The quantitative estimate of drug-likeness (QED) is 0.173. The van der Waals surface area contributed by atoms with E-state index in [2.05, 4.69) is 231 Å². The van der Waals surface area contributed by atoms with Gasteiger partial charge < -0.3 is 4.90 Å². The zero-order valence-corrected chi connectivity index (χ0v) is 33.2. The second-order valence-corrected chi connectivity index (χ2v) is 16.8. The van der Waals surface area contributed by atoms with E-state index < -0.39 is 5.41 Å². The summed E-state index contributed by atoms with van der Waals surface area (Å²) in [4.78, 5) is 2.53. The Balaban J connectivity index is 1.17. The van der Waals surface area contributed by atoms with E-state index in [1.807, 2.05) is 0 Å². The molecule has 278 valence electrons. The predicted octanol–water partition coefficient (Wildman–Crippen LogP) is 15.1. The zero-order valence-electron chi connectivity index (χ0n) is 33.2. The molecule has 0 aliphatic heterocycles. The fourth-order valence-corrected chi connectivity index (χ4v) is 11.0. The third kappa shape index (κ3) is 4.67. The van der Waals surface area contributed by atoms with Crippen molar-refractivity contribution in [3.05, 3.63) is 246 Å². The first-order valence-electron chi connectivity index (χ1n) is 20.8. The van der Waals surface area contributed by atoms with Crippen LogP contribution < -0.4 is 4.90 Å². The molecule has 59 heavy (non-hydrogen) atoms. The van der Waals surface area contributed by atoms with Crippen LogP contribution in [-0.4, -0.2) is 0 Å². The van der Waals surface area contributed by atoms with Gasteiger partial charge in [0.2, 0.25) is 0 Å². The first kappa shape index (κ1) is 33.9. The minimum atomic E-state index is -0.562. The van der Waals surface area contributed by atoms with Gasteiger partial charge in [0.25, 0.3) is 0 Å². The van der Waals surface area contributed by atoms with Gasteiger partial charge in [-0.2, -0.15) is 0 Å². The SMILES string of the molecule is CC1(C)c2ccccc2-c2ccc(N(c3cccc(-c4ccccc4)c3)c3cccc4c3-c3ccccc3C43c4ccccc4-c4ccccc4-c4ccccc43)cc21. The number of benzene rings is 9. The minimum Gasteiger partial charge on any atom is -0.310 e. The molecule has 0 N–H and O–H groups in total. The Bertz CT molecular complexity index is 3080. The van der Waals surface area contributed by atoms with Crippen LogP contribution in [0, 0.1) is 0 Å². The standard InChI is InChI=1S/C58H41N/c1-57(2)49-28-12-8-26-46(49)47-35-34-41(37-54(47)57)59(40-21-16-20-39(36-40)38-18-4-3-5-19-38)55-33-17-32-53-56(55)48-27-11-15-31-52(48)58(53)50-29-13-9-24-44(50)42-22-6-7-23-43(42)45-25-10-14-30-51(45)58/h3-37H,1-2H3. The number of anilines is 3. The lowest BCUT2D eigenvalue weighted by atomic mass is 9.66. The summed E-state index contributed by atoms with van der Waals surface area (Å²) in [6, 6.07) is 79.5. The van der Waals surface area contributed by atoms with Crippen LogP contribution in [0.1, 0.15) is 47.2 Å². The number of hydrogen-bond donors (Lipinski definition) is 0. The van der Waals surface area contributed by atoms with Crippen molar-refractivity contribution in [2.75, 3.05) is 4.90 Å². The number of hydrogen-bond acceptors (Lipinski definition) is 1. The van der Waals surface area contributed by atoms with Gasteiger partial charge in [0.1, 0.15) is 0 Å². The van der Waals surface area contributed by atoms with Crippen molar-refractivity contribution in [2.24, 2.45) is 0 Å². The highest BCUT2D eigenvalue weighted by atomic mass is 15.1. The largest absolute Gasteiger partial charge is 0.310 e. The van der Waals surface area contributed by atoms with Crippen molar-refractivity contribution in [2.45, 2.75) is 24.7 Å². The van der Waals surface area contributed by atoms with E-state index >= 15 is 0 Å². The number of fused-ring (bicyclic) bond motifs is 15. The highest BCUT2D eigenvalue weighted by Gasteiger charge is 2.50. The smallest absolute Gasteiger partial charge is 0.0726 e. The van der Waals surface area contributed by atoms with Crippen molar-refractivity contribution < 1.29 is 0 Å². The molecule has 1 heteroatoms. The molecule has 1 nitrogen and oxygen atoms in total. The molecular weight excluding hydrogens is 711 g/mol. The normalized spacial score (nSPS) is 14.2. The molecule has 0 saturated carbocycles. The van der Waals surface area contributed by atoms with Crippen LogP contribution in [0.25, 0.3) is 55.6 Å². The molecule has 0 unspecified atom stereocenters. The highest BCUT2D eigenvalue weighted by Crippen LogP contribution is 2.63. The van der Waals surface area contributed by atoms with Crippen molar-refractivity contribution >= 4 is 17.1 Å². The van der Waals surface area contributed by atoms with Gasteiger partial charge in [-0.15, -0.1) is 0 Å². The Labute approximate surface area is 346 Å². The molecule has 1 spiro atoms. The molecule has 0 radical (unpaired) electrons. The van der Waals surface area contributed by atoms with Crippen LogP contribution in [0.5, 0.6) is 0 Å². The van der Waals surface area contributed by atoms with E-state index in [4.69, 9.17) is 0 Å². The molecule has 0 bridgehead atoms. The first-order valence-corrected chi connectivity index (χ1v) is 20.8. The molecule has 12 rings (SSSR count). The average Bonchev–Trinajstić information content (AvgIpc) is 3.68. The third-order valence-corrected chi connectivity index (χ3v) is 13.5. The van der Waals surface area contributed by atoms with E-state index in [0.29, 0.717) is 0 Å². The highest BCUT2D eigenvalue weighted by molar-refractivity contribution is 6.02. The van der Waals surface area contributed by atoms with Gasteiger partial charge in [0, 0.05) is 22.4 Å². The fourth-order valence-electron chi connectivity index (χ4n) is 11.0. The van der Waals surface area contributed by atoms with Crippen LogP contribution in [0.15, 0.2) is 212 Å². The van der Waals surface area contributed by atoms with E-state index in [1.54, 1.807) is 0 Å². The Morgan fingerprint density at radius 3 is 1.42 bits per heavy atom. The summed E-state index contributed by atoms with van der Waals surface area (Å²) >= 11 is 0. The summed E-state index contributed by atoms with van der Waals surface area (Å²) in [5.74, 6) is 0. The fraction of sp³-hybridized carbons (Fsp3) is 0.0690. The van der Waals surface area contributed by atoms with E-state index in [1.165, 1.54) is 94.7 Å². The molecule has 0 fully saturated rings.